The SMILES string of the molecule is N#Cc1cc(F)cc(CNCC2CSCCS2)c1. The molecule has 1 aromatic rings. The van der Waals surface area contributed by atoms with Gasteiger partial charge >= 0.3 is 0 Å². The Morgan fingerprint density at radius 3 is 3.00 bits per heavy atom. The Morgan fingerprint density at radius 1 is 1.39 bits per heavy atom. The molecule has 0 amide bonds. The first kappa shape index (κ1) is 13.7. The highest BCUT2D eigenvalue weighted by Crippen LogP contribution is 2.23. The molecule has 18 heavy (non-hydrogen) atoms. The highest BCUT2D eigenvalue weighted by atomic mass is 32.2. The van der Waals surface area contributed by atoms with E-state index in [1.54, 1.807) is 6.07 Å². The van der Waals surface area contributed by atoms with Crippen LogP contribution in [0.15, 0.2) is 18.2 Å². The van der Waals surface area contributed by atoms with E-state index in [1.165, 1.54) is 29.4 Å². The summed E-state index contributed by atoms with van der Waals surface area (Å²) in [5, 5.41) is 12.8. The summed E-state index contributed by atoms with van der Waals surface area (Å²) >= 11 is 3.99. The third-order valence-corrected chi connectivity index (χ3v) is 5.52. The summed E-state index contributed by atoms with van der Waals surface area (Å²) in [6.45, 7) is 1.56. The molecule has 0 aliphatic carbocycles. The fourth-order valence-corrected chi connectivity index (χ4v) is 4.50. The van der Waals surface area contributed by atoms with Gasteiger partial charge in [0.15, 0.2) is 0 Å². The van der Waals surface area contributed by atoms with Crippen molar-refractivity contribution in [3.05, 3.63) is 35.1 Å². The zero-order chi connectivity index (χ0) is 12.8. The van der Waals surface area contributed by atoms with Gasteiger partial charge in [0.05, 0.1) is 11.6 Å². The first-order valence-corrected chi connectivity index (χ1v) is 8.08. The van der Waals surface area contributed by atoms with Crippen molar-refractivity contribution < 1.29 is 4.39 Å². The molecule has 2 nitrogen and oxygen atoms in total. The van der Waals surface area contributed by atoms with E-state index in [1.807, 2.05) is 29.6 Å². The first-order chi connectivity index (χ1) is 8.78. The second-order valence-corrected chi connectivity index (χ2v) is 6.72. The van der Waals surface area contributed by atoms with Crippen LogP contribution < -0.4 is 5.32 Å². The second-order valence-electron chi connectivity index (χ2n) is 4.16. The van der Waals surface area contributed by atoms with Gasteiger partial charge in [-0.05, 0) is 23.8 Å². The highest BCUT2D eigenvalue weighted by Gasteiger charge is 2.13. The Bertz CT molecular complexity index is 439. The Balaban J connectivity index is 1.82. The van der Waals surface area contributed by atoms with Crippen LogP contribution >= 0.6 is 23.5 Å². The summed E-state index contributed by atoms with van der Waals surface area (Å²) in [6.07, 6.45) is 0. The van der Waals surface area contributed by atoms with E-state index in [0.717, 1.165) is 12.1 Å². The fraction of sp³-hybridized carbons (Fsp3) is 0.462. The third-order valence-electron chi connectivity index (χ3n) is 2.67. The summed E-state index contributed by atoms with van der Waals surface area (Å²) in [5.74, 6) is 3.31. The standard InChI is InChI=1S/C13H15FN2S2/c14-12-4-10(6-15)3-11(5-12)7-16-8-13-9-17-1-2-18-13/h3-5,13,16H,1-2,7-9H2. The molecule has 2 rings (SSSR count). The molecular formula is C13H15FN2S2. The highest BCUT2D eigenvalue weighted by molar-refractivity contribution is 8.06. The monoisotopic (exact) mass is 282 g/mol. The van der Waals surface area contributed by atoms with Crippen molar-refractivity contribution in [2.75, 3.05) is 23.8 Å². The molecule has 1 fully saturated rings. The molecule has 1 unspecified atom stereocenters. The Hall–Kier alpha value is -0.700. The summed E-state index contributed by atoms with van der Waals surface area (Å²) < 4.78 is 13.2. The zero-order valence-electron chi connectivity index (χ0n) is 9.99. The van der Waals surface area contributed by atoms with Crippen LogP contribution in [-0.2, 0) is 6.54 Å². The number of nitrogens with one attached hydrogen (secondary N) is 1. The number of hydrogen-bond donors (Lipinski definition) is 1. The average molecular weight is 282 g/mol. The maximum absolute atomic E-state index is 13.2. The lowest BCUT2D eigenvalue weighted by Crippen LogP contribution is -2.28. The topological polar surface area (TPSA) is 35.8 Å². The molecule has 1 heterocycles. The minimum Gasteiger partial charge on any atom is -0.312 e. The Kier molecular flexibility index (Phi) is 5.36. The van der Waals surface area contributed by atoms with Crippen LogP contribution in [0.1, 0.15) is 11.1 Å². The van der Waals surface area contributed by atoms with Crippen molar-refractivity contribution in [3.63, 3.8) is 0 Å². The van der Waals surface area contributed by atoms with Crippen LogP contribution in [0.4, 0.5) is 4.39 Å². The molecule has 5 heteroatoms. The van der Waals surface area contributed by atoms with Crippen LogP contribution in [0.3, 0.4) is 0 Å². The van der Waals surface area contributed by atoms with Crippen molar-refractivity contribution in [3.8, 4) is 6.07 Å². The van der Waals surface area contributed by atoms with Crippen LogP contribution in [0.2, 0.25) is 0 Å². The molecule has 96 valence electrons. The summed E-state index contributed by atoms with van der Waals surface area (Å²) in [7, 11) is 0. The molecule has 0 spiro atoms. The molecule has 1 aliphatic rings. The average Bonchev–Trinajstić information content (AvgIpc) is 2.39. The lowest BCUT2D eigenvalue weighted by molar-refractivity contribution is 0.619. The number of rotatable bonds is 4. The van der Waals surface area contributed by atoms with E-state index in [4.69, 9.17) is 5.26 Å². The molecule has 1 atom stereocenters. The molecule has 0 bridgehead atoms. The van der Waals surface area contributed by atoms with Gasteiger partial charge in [0.1, 0.15) is 5.82 Å². The lowest BCUT2D eigenvalue weighted by atomic mass is 10.1. The van der Waals surface area contributed by atoms with Gasteiger partial charge in [0, 0.05) is 35.6 Å². The van der Waals surface area contributed by atoms with Crippen LogP contribution in [0, 0.1) is 17.1 Å². The summed E-state index contributed by atoms with van der Waals surface area (Å²) in [6, 6.07) is 6.45. The van der Waals surface area contributed by atoms with E-state index < -0.39 is 0 Å². The Labute approximate surface area is 115 Å². The van der Waals surface area contributed by atoms with Crippen molar-refractivity contribution in [1.29, 1.82) is 5.26 Å². The predicted molar refractivity (Wildman–Crippen MR) is 76.4 cm³/mol. The minimum atomic E-state index is -0.339. The normalized spacial score (nSPS) is 19.4. The molecule has 0 saturated carbocycles. The quantitative estimate of drug-likeness (QED) is 0.921. The van der Waals surface area contributed by atoms with Gasteiger partial charge in [0.25, 0.3) is 0 Å². The van der Waals surface area contributed by atoms with Crippen molar-refractivity contribution in [1.82, 2.24) is 5.32 Å². The molecule has 1 aromatic carbocycles. The number of nitriles is 1. The van der Waals surface area contributed by atoms with Crippen LogP contribution in [-0.4, -0.2) is 29.1 Å². The molecule has 0 aromatic heterocycles. The second kappa shape index (κ2) is 7.03. The fourth-order valence-electron chi connectivity index (χ4n) is 1.85. The molecule has 1 aliphatic heterocycles. The largest absolute Gasteiger partial charge is 0.312 e. The summed E-state index contributed by atoms with van der Waals surface area (Å²) in [5.41, 5.74) is 1.22. The van der Waals surface area contributed by atoms with Crippen molar-refractivity contribution in [2.24, 2.45) is 0 Å². The lowest BCUT2D eigenvalue weighted by Gasteiger charge is -2.21. The van der Waals surface area contributed by atoms with E-state index in [9.17, 15) is 4.39 Å². The molecule has 1 saturated heterocycles. The number of halogens is 1. The van der Waals surface area contributed by atoms with E-state index >= 15 is 0 Å². The first-order valence-electron chi connectivity index (χ1n) is 5.87. The van der Waals surface area contributed by atoms with Gasteiger partial charge in [-0.3, -0.25) is 0 Å². The van der Waals surface area contributed by atoms with Gasteiger partial charge < -0.3 is 5.32 Å². The van der Waals surface area contributed by atoms with Gasteiger partial charge in [-0.15, -0.1) is 0 Å². The van der Waals surface area contributed by atoms with E-state index in [0.29, 0.717) is 17.4 Å². The predicted octanol–water partition coefficient (Wildman–Crippen LogP) is 2.64. The zero-order valence-corrected chi connectivity index (χ0v) is 11.6. The molecule has 0 radical (unpaired) electrons. The van der Waals surface area contributed by atoms with Gasteiger partial charge in [-0.1, -0.05) is 0 Å². The summed E-state index contributed by atoms with van der Waals surface area (Å²) in [4.78, 5) is 0. The van der Waals surface area contributed by atoms with Gasteiger partial charge in [-0.25, -0.2) is 4.39 Å². The maximum Gasteiger partial charge on any atom is 0.124 e. The number of nitrogens with zero attached hydrogens (tertiary/aromatic N) is 1. The number of thioether (sulfide) groups is 2. The third kappa shape index (κ3) is 4.20. The van der Waals surface area contributed by atoms with E-state index in [-0.39, 0.29) is 5.82 Å². The maximum atomic E-state index is 13.2. The number of benzene rings is 1. The van der Waals surface area contributed by atoms with Crippen molar-refractivity contribution >= 4 is 23.5 Å². The van der Waals surface area contributed by atoms with Crippen LogP contribution in [0.25, 0.3) is 0 Å². The number of hydrogen-bond acceptors (Lipinski definition) is 4. The van der Waals surface area contributed by atoms with Crippen molar-refractivity contribution in [2.45, 2.75) is 11.8 Å². The van der Waals surface area contributed by atoms with Crippen LogP contribution in [0.5, 0.6) is 0 Å². The minimum absolute atomic E-state index is 0.339. The van der Waals surface area contributed by atoms with Gasteiger partial charge in [0.2, 0.25) is 0 Å². The smallest absolute Gasteiger partial charge is 0.124 e. The molecule has 1 N–H and O–H groups in total. The Morgan fingerprint density at radius 2 is 2.28 bits per heavy atom. The van der Waals surface area contributed by atoms with Gasteiger partial charge in [-0.2, -0.15) is 28.8 Å². The van der Waals surface area contributed by atoms with E-state index in [2.05, 4.69) is 5.32 Å². The molecular weight excluding hydrogens is 267 g/mol.